The Morgan fingerprint density at radius 1 is 0.754 bits per heavy atom. The van der Waals surface area contributed by atoms with E-state index in [1.54, 1.807) is 10.9 Å². The second-order valence-corrected chi connectivity index (χ2v) is 26.5. The molecule has 61 heavy (non-hydrogen) atoms. The monoisotopic (exact) mass is 888 g/mol. The zero-order valence-electron chi connectivity index (χ0n) is 36.5. The maximum atomic E-state index is 10.4. The summed E-state index contributed by atoms with van der Waals surface area (Å²) in [6.07, 6.45) is 1.01. The third kappa shape index (κ3) is 6.73. The number of rotatable bonds is 9. The summed E-state index contributed by atoms with van der Waals surface area (Å²) in [4.78, 5) is 25.7. The molecule has 5 saturated heterocycles. The second-order valence-electron chi connectivity index (χ2n) is 17.6. The quantitative estimate of drug-likeness (QED) is 0.176. The SMILES string of the molecule is COc1nc(N)nc2c1ncn2[C@@H]1O[C@@H]2CO[Si](C(C)C)(C(C)C)O[Si](C(C)C)(C(C)C)O[C@H]2[C@@]12CCO2.COc1nc(N)nc2c1ncn2[C@@H]1O[C@H](CO)[C@@H](O)[C@@]12CCO2. The van der Waals surface area contributed by atoms with E-state index < -0.39 is 53.0 Å². The Labute approximate surface area is 356 Å². The van der Waals surface area contributed by atoms with Gasteiger partial charge in [0.1, 0.15) is 35.6 Å². The molecule has 4 aromatic heterocycles. The number of imidazole rings is 2. The molecule has 0 aliphatic carbocycles. The summed E-state index contributed by atoms with van der Waals surface area (Å²) >= 11 is 0. The van der Waals surface area contributed by atoms with Crippen LogP contribution in [0.5, 0.6) is 11.8 Å². The number of anilines is 2. The van der Waals surface area contributed by atoms with E-state index in [1.165, 1.54) is 20.5 Å². The average Bonchev–Trinajstić information content (AvgIpc) is 3.94. The zero-order valence-corrected chi connectivity index (χ0v) is 38.5. The smallest absolute Gasteiger partial charge is 0.335 e. The van der Waals surface area contributed by atoms with Gasteiger partial charge in [0.2, 0.25) is 23.7 Å². The average molecular weight is 889 g/mol. The molecule has 23 heteroatoms. The number of aromatic nitrogens is 8. The van der Waals surface area contributed by atoms with Gasteiger partial charge in [-0.05, 0) is 22.2 Å². The minimum Gasteiger partial charge on any atom is -0.479 e. The molecule has 9 heterocycles. The Bertz CT molecular complexity index is 2200. The lowest BCUT2D eigenvalue weighted by Gasteiger charge is -2.54. The Morgan fingerprint density at radius 3 is 1.64 bits per heavy atom. The number of methoxy groups -OCH3 is 2. The number of aliphatic hydroxyl groups excluding tert-OH is 2. The van der Waals surface area contributed by atoms with Crippen molar-refractivity contribution in [2.24, 2.45) is 0 Å². The lowest BCUT2D eigenvalue weighted by molar-refractivity contribution is -0.225. The number of nitrogen functional groups attached to an aromatic ring is 2. The molecule has 5 aliphatic rings. The Hall–Kier alpha value is -3.63. The molecule has 8 atom stereocenters. The highest BCUT2D eigenvalue weighted by atomic mass is 28.5. The van der Waals surface area contributed by atoms with Crippen LogP contribution in [0.1, 0.15) is 80.7 Å². The van der Waals surface area contributed by atoms with Gasteiger partial charge in [-0.15, -0.1) is 0 Å². The molecule has 336 valence electrons. The van der Waals surface area contributed by atoms with Crippen LogP contribution >= 0.6 is 0 Å². The summed E-state index contributed by atoms with van der Waals surface area (Å²) in [5.74, 6) is 0.721. The molecule has 2 spiro atoms. The van der Waals surface area contributed by atoms with Crippen LogP contribution in [0.4, 0.5) is 11.9 Å². The first-order chi connectivity index (χ1) is 29.0. The summed E-state index contributed by atoms with van der Waals surface area (Å²) in [6.45, 7) is 19.0. The van der Waals surface area contributed by atoms with Crippen molar-refractivity contribution in [1.82, 2.24) is 39.0 Å². The number of ether oxygens (including phenoxy) is 6. The molecule has 6 N–H and O–H groups in total. The highest BCUT2D eigenvalue weighted by molar-refractivity contribution is 6.84. The first-order valence-corrected chi connectivity index (χ1v) is 24.9. The minimum atomic E-state index is -2.84. The zero-order chi connectivity index (χ0) is 43.8. The van der Waals surface area contributed by atoms with E-state index in [0.717, 1.165) is 6.42 Å². The number of nitrogens with two attached hydrogens (primary N) is 2. The standard InChI is InChI=1S/C25H43N5O6Si2.C13H17N5O5/c1-14(2)37(15(3)4)33-12-18-20(35-38(36-37,16(5)6)17(7)8)25(10-11-32-25)23(34-18)30-13-27-19-21(30)28-24(26)29-22(19)31-9;1-21-10-7-9(16-12(14)17-10)18(5-15-7)11-13(2-3-22-13)8(20)6(4-19)23-11/h13-18,20,23H,10-12H2,1-9H3,(H2,26,28,29);5-6,8,11,19-20H,2-4H2,1H3,(H2,14,16,17)/t18-,20-,23-,25+;6-,8-,11-,13+/m11/s1. The summed E-state index contributed by atoms with van der Waals surface area (Å²) in [5.41, 5.74) is 12.9. The van der Waals surface area contributed by atoms with Gasteiger partial charge in [0.05, 0.1) is 53.3 Å². The van der Waals surface area contributed by atoms with Gasteiger partial charge in [0.25, 0.3) is 0 Å². The Morgan fingerprint density at radius 2 is 1.23 bits per heavy atom. The number of fused-ring (bicyclic) bond motifs is 4. The molecule has 0 unspecified atom stereocenters. The summed E-state index contributed by atoms with van der Waals surface area (Å²) in [6, 6.07) is 0. The molecule has 0 aromatic carbocycles. The molecule has 0 bridgehead atoms. The van der Waals surface area contributed by atoms with Crippen LogP contribution in [0.2, 0.25) is 22.2 Å². The highest BCUT2D eigenvalue weighted by Gasteiger charge is 2.69. The molecule has 4 aromatic rings. The van der Waals surface area contributed by atoms with Gasteiger partial charge in [-0.1, -0.05) is 55.4 Å². The molecular weight excluding hydrogens is 829 g/mol. The Kier molecular flexibility index (Phi) is 11.7. The fourth-order valence-electron chi connectivity index (χ4n) is 9.76. The van der Waals surface area contributed by atoms with Gasteiger partial charge in [-0.2, -0.15) is 19.9 Å². The van der Waals surface area contributed by atoms with Gasteiger partial charge in [0, 0.05) is 12.8 Å². The molecule has 0 saturated carbocycles. The van der Waals surface area contributed by atoms with Crippen LogP contribution in [0.15, 0.2) is 12.7 Å². The number of hydrogen-bond acceptors (Lipinski definition) is 19. The van der Waals surface area contributed by atoms with E-state index in [4.69, 9.17) is 52.9 Å². The lowest BCUT2D eigenvalue weighted by Crippen LogP contribution is -2.68. The summed E-state index contributed by atoms with van der Waals surface area (Å²) in [5, 5.41) is 19.8. The predicted octanol–water partition coefficient (Wildman–Crippen LogP) is 3.26. The fourth-order valence-corrected chi connectivity index (χ4v) is 21.0. The molecule has 0 amide bonds. The van der Waals surface area contributed by atoms with Gasteiger partial charge in [-0.3, -0.25) is 9.13 Å². The van der Waals surface area contributed by atoms with Crippen molar-refractivity contribution >= 4 is 51.3 Å². The van der Waals surface area contributed by atoms with Crippen molar-refractivity contribution in [3.8, 4) is 11.8 Å². The molecule has 9 rings (SSSR count). The lowest BCUT2D eigenvalue weighted by atomic mass is 9.86. The second kappa shape index (κ2) is 16.2. The van der Waals surface area contributed by atoms with Crippen molar-refractivity contribution in [3.05, 3.63) is 12.7 Å². The number of nitrogens with zero attached hydrogens (tertiary/aromatic N) is 8. The third-order valence-electron chi connectivity index (χ3n) is 13.1. The van der Waals surface area contributed by atoms with E-state index in [2.05, 4.69) is 85.3 Å². The van der Waals surface area contributed by atoms with E-state index in [9.17, 15) is 10.2 Å². The minimum absolute atomic E-state index is 0.0388. The molecule has 0 radical (unpaired) electrons. The van der Waals surface area contributed by atoms with Gasteiger partial charge < -0.3 is 63.1 Å². The van der Waals surface area contributed by atoms with Crippen LogP contribution < -0.4 is 20.9 Å². The number of hydrogen-bond donors (Lipinski definition) is 4. The van der Waals surface area contributed by atoms with E-state index in [1.807, 2.05) is 4.57 Å². The number of aliphatic hydroxyl groups is 2. The molecule has 5 aliphatic heterocycles. The van der Waals surface area contributed by atoms with Crippen molar-refractivity contribution in [2.75, 3.05) is 52.1 Å². The van der Waals surface area contributed by atoms with Crippen LogP contribution in [-0.4, -0.2) is 143 Å². The van der Waals surface area contributed by atoms with Gasteiger partial charge >= 0.3 is 17.1 Å². The maximum absolute atomic E-state index is 10.4. The van der Waals surface area contributed by atoms with E-state index in [-0.39, 0.29) is 58.8 Å². The van der Waals surface area contributed by atoms with E-state index >= 15 is 0 Å². The Balaban J connectivity index is 0.000000190. The van der Waals surface area contributed by atoms with E-state index in [0.29, 0.717) is 54.4 Å². The third-order valence-corrected chi connectivity index (χ3v) is 23.3. The molecular formula is C38H60N10O11Si2. The maximum Gasteiger partial charge on any atom is 0.335 e. The molecule has 21 nitrogen and oxygen atoms in total. The van der Waals surface area contributed by atoms with Crippen LogP contribution in [-0.2, 0) is 31.9 Å². The molecule has 5 fully saturated rings. The first kappa shape index (κ1) is 44.0. The summed E-state index contributed by atoms with van der Waals surface area (Å²) in [7, 11) is -2.53. The predicted molar refractivity (Wildman–Crippen MR) is 224 cm³/mol. The van der Waals surface area contributed by atoms with Crippen molar-refractivity contribution in [1.29, 1.82) is 0 Å². The van der Waals surface area contributed by atoms with Gasteiger partial charge in [-0.25, -0.2) is 9.97 Å². The van der Waals surface area contributed by atoms with Crippen LogP contribution in [0.25, 0.3) is 22.3 Å². The fraction of sp³-hybridized carbons (Fsp3) is 0.737. The largest absolute Gasteiger partial charge is 0.479 e. The van der Waals surface area contributed by atoms with Crippen molar-refractivity contribution < 1.29 is 51.6 Å². The van der Waals surface area contributed by atoms with Crippen LogP contribution in [0, 0.1) is 0 Å². The summed E-state index contributed by atoms with van der Waals surface area (Å²) < 4.78 is 60.5. The van der Waals surface area contributed by atoms with Crippen molar-refractivity contribution in [3.63, 3.8) is 0 Å². The van der Waals surface area contributed by atoms with Gasteiger partial charge in [0.15, 0.2) is 34.8 Å². The van der Waals surface area contributed by atoms with Crippen LogP contribution in [0.3, 0.4) is 0 Å². The highest BCUT2D eigenvalue weighted by Crippen LogP contribution is 2.56. The normalized spacial score (nSPS) is 31.7. The van der Waals surface area contributed by atoms with Crippen molar-refractivity contribution in [2.45, 2.75) is 138 Å². The first-order valence-electron chi connectivity index (χ1n) is 21.0. The topological polar surface area (TPSA) is 263 Å².